The molecule has 188 valence electrons. The van der Waals surface area contributed by atoms with Crippen LogP contribution >= 0.6 is 0 Å². The van der Waals surface area contributed by atoms with E-state index >= 15 is 0 Å². The Bertz CT molecular complexity index is 760. The lowest BCUT2D eigenvalue weighted by Crippen LogP contribution is -2.46. The summed E-state index contributed by atoms with van der Waals surface area (Å²) in [5.74, 6) is 0.870. The molecule has 33 heavy (non-hydrogen) atoms. The molecule has 1 saturated heterocycles. The Balaban J connectivity index is 0.000000593. The summed E-state index contributed by atoms with van der Waals surface area (Å²) in [6.45, 7) is 22.1. The van der Waals surface area contributed by atoms with Crippen LogP contribution in [0.15, 0.2) is 28.2 Å². The fourth-order valence-electron chi connectivity index (χ4n) is 4.02. The average molecular weight is 461 g/mol. The van der Waals surface area contributed by atoms with Gasteiger partial charge in [-0.15, -0.1) is 0 Å². The van der Waals surface area contributed by atoms with Crippen molar-refractivity contribution in [3.63, 3.8) is 0 Å². The number of fused-ring (bicyclic) bond motifs is 1. The molecule has 3 rings (SSSR count). The molecule has 1 aliphatic carbocycles. The number of nitrogens with one attached hydrogen (secondary N) is 1. The van der Waals surface area contributed by atoms with Crippen molar-refractivity contribution < 1.29 is 10.1 Å². The Morgan fingerprint density at radius 2 is 1.82 bits per heavy atom. The van der Waals surface area contributed by atoms with Crippen LogP contribution in [0.2, 0.25) is 0 Å². The van der Waals surface area contributed by atoms with E-state index in [-0.39, 0.29) is 6.04 Å². The molecule has 1 heterocycles. The van der Waals surface area contributed by atoms with Gasteiger partial charge in [-0.2, -0.15) is 0 Å². The molecule has 0 aromatic heterocycles. The zero-order valence-electron chi connectivity index (χ0n) is 22.5. The van der Waals surface area contributed by atoms with Gasteiger partial charge in [0, 0.05) is 32.4 Å². The maximum Gasteiger partial charge on any atom is 0.220 e. The Hall–Kier alpha value is -1.76. The second-order valence-electron chi connectivity index (χ2n) is 10.1. The van der Waals surface area contributed by atoms with E-state index in [1.54, 1.807) is 20.8 Å². The van der Waals surface area contributed by atoms with Gasteiger partial charge in [0.05, 0.1) is 11.6 Å². The molecule has 6 heteroatoms. The highest BCUT2D eigenvalue weighted by Crippen LogP contribution is 2.37. The summed E-state index contributed by atoms with van der Waals surface area (Å²) in [6, 6.07) is 7.12. The monoisotopic (exact) mass is 460 g/mol. The Morgan fingerprint density at radius 1 is 1.21 bits per heavy atom. The molecule has 1 aromatic carbocycles. The van der Waals surface area contributed by atoms with Gasteiger partial charge in [-0.3, -0.25) is 5.26 Å². The first kappa shape index (κ1) is 29.3. The van der Waals surface area contributed by atoms with Crippen LogP contribution in [0.3, 0.4) is 0 Å². The predicted molar refractivity (Wildman–Crippen MR) is 142 cm³/mol. The minimum Gasteiger partial charge on any atom is -0.339 e. The van der Waals surface area contributed by atoms with Gasteiger partial charge >= 0.3 is 0 Å². The van der Waals surface area contributed by atoms with Crippen LogP contribution in [-0.4, -0.2) is 54.1 Å². The molecular weight excluding hydrogens is 412 g/mol. The first-order valence-electron chi connectivity index (χ1n) is 12.6. The van der Waals surface area contributed by atoms with E-state index < -0.39 is 5.60 Å². The van der Waals surface area contributed by atoms with E-state index in [2.05, 4.69) is 59.1 Å². The molecular formula is C27H48N4O2. The van der Waals surface area contributed by atoms with Crippen LogP contribution in [0.4, 0.5) is 0 Å². The maximum atomic E-state index is 7.90. The summed E-state index contributed by atoms with van der Waals surface area (Å²) >= 11 is 0. The third-order valence-electron chi connectivity index (χ3n) is 5.82. The smallest absolute Gasteiger partial charge is 0.220 e. The molecule has 1 unspecified atom stereocenters. The fraction of sp³-hybridized carbons (Fsp3) is 0.704. The standard InChI is InChI=1S/C21H32N4.C4H10O2.C2H6/c1-5-23-20(25-13-11-22-12-14-25)24-16(2)17-8-9-19-18(15-17)7-6-10-21(19,3)4;1-4(2,3)6-5;1-2/h5,8-9,15-16,22H,6-7,10-14H2,1-4H3;5H,1-3H3;1-2H3/b23-5-,24-20?;;. The molecule has 0 radical (unpaired) electrons. The summed E-state index contributed by atoms with van der Waals surface area (Å²) in [4.78, 5) is 15.7. The van der Waals surface area contributed by atoms with Crippen molar-refractivity contribution in [3.05, 3.63) is 34.9 Å². The lowest BCUT2D eigenvalue weighted by molar-refractivity contribution is -0.306. The highest BCUT2D eigenvalue weighted by atomic mass is 17.1. The number of hydrogen-bond donors (Lipinski definition) is 2. The zero-order valence-corrected chi connectivity index (χ0v) is 22.5. The van der Waals surface area contributed by atoms with Gasteiger partial charge in [-0.25, -0.2) is 14.9 Å². The minimum atomic E-state index is -0.403. The van der Waals surface area contributed by atoms with Crippen LogP contribution in [0.1, 0.15) is 97.9 Å². The average Bonchev–Trinajstić information content (AvgIpc) is 2.80. The predicted octanol–water partition coefficient (Wildman–Crippen LogP) is 6.01. The Kier molecular flexibility index (Phi) is 12.3. The van der Waals surface area contributed by atoms with Crippen molar-refractivity contribution in [2.75, 3.05) is 26.2 Å². The molecule has 1 aromatic rings. The third-order valence-corrected chi connectivity index (χ3v) is 5.82. The summed E-state index contributed by atoms with van der Waals surface area (Å²) in [6.07, 6.45) is 5.61. The van der Waals surface area contributed by atoms with E-state index in [1.807, 2.05) is 27.0 Å². The van der Waals surface area contributed by atoms with Gasteiger partial charge in [0.15, 0.2) is 0 Å². The number of rotatable bonds is 2. The highest BCUT2D eigenvalue weighted by Gasteiger charge is 2.27. The summed E-state index contributed by atoms with van der Waals surface area (Å²) < 4.78 is 0. The molecule has 1 aliphatic heterocycles. The summed E-state index contributed by atoms with van der Waals surface area (Å²) in [5.41, 5.74) is 4.23. The zero-order chi connectivity index (χ0) is 25.1. The number of benzene rings is 1. The van der Waals surface area contributed by atoms with Gasteiger partial charge in [-0.05, 0) is 76.0 Å². The van der Waals surface area contributed by atoms with Gasteiger partial charge in [0.1, 0.15) is 0 Å². The summed E-state index contributed by atoms with van der Waals surface area (Å²) in [5, 5.41) is 11.3. The molecule has 2 aliphatic rings. The van der Waals surface area contributed by atoms with Gasteiger partial charge in [0.2, 0.25) is 5.96 Å². The summed E-state index contributed by atoms with van der Waals surface area (Å²) in [7, 11) is 0. The Labute approximate surface area is 202 Å². The van der Waals surface area contributed by atoms with E-state index in [9.17, 15) is 0 Å². The van der Waals surface area contributed by atoms with Gasteiger partial charge < -0.3 is 10.2 Å². The third kappa shape index (κ3) is 9.55. The molecule has 0 bridgehead atoms. The molecule has 0 saturated carbocycles. The number of hydrogen-bond acceptors (Lipinski definition) is 4. The van der Waals surface area contributed by atoms with Crippen molar-refractivity contribution in [3.8, 4) is 0 Å². The van der Waals surface area contributed by atoms with Crippen LogP contribution < -0.4 is 5.32 Å². The number of aryl methyl sites for hydroxylation is 1. The van der Waals surface area contributed by atoms with Gasteiger partial charge in [-0.1, -0.05) is 45.9 Å². The first-order valence-corrected chi connectivity index (χ1v) is 12.6. The maximum absolute atomic E-state index is 7.90. The molecule has 1 fully saturated rings. The highest BCUT2D eigenvalue weighted by molar-refractivity contribution is 5.87. The van der Waals surface area contributed by atoms with E-state index in [0.717, 1.165) is 32.1 Å². The second-order valence-corrected chi connectivity index (χ2v) is 10.1. The van der Waals surface area contributed by atoms with Crippen LogP contribution in [-0.2, 0) is 16.7 Å². The quantitative estimate of drug-likeness (QED) is 0.245. The number of guanidine groups is 1. The van der Waals surface area contributed by atoms with Crippen molar-refractivity contribution >= 4 is 12.2 Å². The van der Waals surface area contributed by atoms with E-state index in [0.29, 0.717) is 5.41 Å². The normalized spacial score (nSPS) is 19.1. The van der Waals surface area contributed by atoms with Crippen molar-refractivity contribution in [1.82, 2.24) is 10.2 Å². The SMILES string of the molecule is C/C=N\C(=NC(C)c1ccc2c(c1)CCCC2(C)C)N1CCNCC1.CC.CC(C)(C)OO. The molecule has 1 atom stereocenters. The van der Waals surface area contributed by atoms with Crippen molar-refractivity contribution in [2.45, 2.75) is 98.6 Å². The molecule has 0 amide bonds. The van der Waals surface area contributed by atoms with Crippen LogP contribution in [0.25, 0.3) is 0 Å². The number of aliphatic imine (C=N–C) groups is 2. The minimum absolute atomic E-state index is 0.129. The number of nitrogens with zero attached hydrogens (tertiary/aromatic N) is 3. The van der Waals surface area contributed by atoms with Crippen LogP contribution in [0.5, 0.6) is 0 Å². The lowest BCUT2D eigenvalue weighted by Gasteiger charge is -2.33. The molecule has 6 nitrogen and oxygen atoms in total. The van der Waals surface area contributed by atoms with Crippen molar-refractivity contribution in [2.24, 2.45) is 9.98 Å². The largest absolute Gasteiger partial charge is 0.339 e. The lowest BCUT2D eigenvalue weighted by atomic mass is 9.72. The molecule has 2 N–H and O–H groups in total. The second kappa shape index (κ2) is 13.8. The topological polar surface area (TPSA) is 69.5 Å². The molecule has 0 spiro atoms. The number of piperazine rings is 1. The van der Waals surface area contributed by atoms with E-state index in [4.69, 9.17) is 10.2 Å². The van der Waals surface area contributed by atoms with E-state index in [1.165, 1.54) is 36.0 Å². The fourth-order valence-corrected chi connectivity index (χ4v) is 4.02. The first-order chi connectivity index (χ1) is 15.6. The Morgan fingerprint density at radius 3 is 2.36 bits per heavy atom. The van der Waals surface area contributed by atoms with Gasteiger partial charge in [0.25, 0.3) is 0 Å². The van der Waals surface area contributed by atoms with Crippen LogP contribution in [0, 0.1) is 0 Å². The van der Waals surface area contributed by atoms with Crippen molar-refractivity contribution in [1.29, 1.82) is 0 Å².